The molecule has 0 aromatic rings. The Morgan fingerprint density at radius 3 is 3.00 bits per heavy atom. The number of ether oxygens (including phenoxy) is 2. The minimum Gasteiger partial charge on any atom is -0.487 e. The van der Waals surface area contributed by atoms with Gasteiger partial charge in [-0.3, -0.25) is 0 Å². The molecule has 2 rings (SSSR count). The number of allylic oxidation sites excluding steroid dienone is 2. The molecule has 1 heterocycles. The van der Waals surface area contributed by atoms with Crippen LogP contribution in [0.5, 0.6) is 0 Å². The fourth-order valence-corrected chi connectivity index (χ4v) is 2.30. The second kappa shape index (κ2) is 3.72. The third-order valence-corrected chi connectivity index (χ3v) is 3.08. The average Bonchev–Trinajstić information content (AvgIpc) is 2.55. The molecule has 1 atom stereocenters. The molecule has 0 bridgehead atoms. The second-order valence-electron chi connectivity index (χ2n) is 4.16. The normalized spacial score (nSPS) is 29.5. The fourth-order valence-electron chi connectivity index (χ4n) is 2.30. The molecule has 1 aliphatic carbocycles. The van der Waals surface area contributed by atoms with Gasteiger partial charge in [0.1, 0.15) is 11.4 Å². The van der Waals surface area contributed by atoms with Gasteiger partial charge in [-0.15, -0.1) is 0 Å². The van der Waals surface area contributed by atoms with Crippen molar-refractivity contribution in [3.8, 4) is 0 Å². The van der Waals surface area contributed by atoms with E-state index in [2.05, 4.69) is 12.2 Å². The highest BCUT2D eigenvalue weighted by molar-refractivity contribution is 5.89. The summed E-state index contributed by atoms with van der Waals surface area (Å²) in [5.74, 6) is 0.455. The molecular formula is C12H16O3. The van der Waals surface area contributed by atoms with Crippen LogP contribution in [0.1, 0.15) is 32.6 Å². The van der Waals surface area contributed by atoms with E-state index in [1.165, 1.54) is 7.11 Å². The lowest BCUT2D eigenvalue weighted by Crippen LogP contribution is -2.28. The Hall–Kier alpha value is -1.25. The van der Waals surface area contributed by atoms with E-state index in [1.54, 1.807) is 0 Å². The summed E-state index contributed by atoms with van der Waals surface area (Å²) in [5.41, 5.74) is 0.426. The summed E-state index contributed by atoms with van der Waals surface area (Å²) < 4.78 is 10.6. The van der Waals surface area contributed by atoms with Crippen molar-refractivity contribution in [1.82, 2.24) is 0 Å². The standard InChI is InChI=1S/C12H16O3/c1-9-10(11(13)14-2)8-12(15-9)6-4-3-5-7-12/h4,6H,3,5,7-8H2,1-2H3. The van der Waals surface area contributed by atoms with Crippen LogP contribution in [0, 0.1) is 0 Å². The van der Waals surface area contributed by atoms with Gasteiger partial charge < -0.3 is 9.47 Å². The minimum atomic E-state index is -0.261. The van der Waals surface area contributed by atoms with Crippen molar-refractivity contribution in [3.05, 3.63) is 23.5 Å². The Morgan fingerprint density at radius 1 is 1.60 bits per heavy atom. The van der Waals surface area contributed by atoms with E-state index in [1.807, 2.05) is 6.92 Å². The topological polar surface area (TPSA) is 35.5 Å². The molecule has 0 amide bonds. The number of carbonyl (C=O) groups is 1. The maximum Gasteiger partial charge on any atom is 0.337 e. The Morgan fingerprint density at radius 2 is 2.40 bits per heavy atom. The number of methoxy groups -OCH3 is 1. The zero-order valence-electron chi connectivity index (χ0n) is 9.21. The second-order valence-corrected chi connectivity index (χ2v) is 4.16. The highest BCUT2D eigenvalue weighted by Gasteiger charge is 2.40. The average molecular weight is 208 g/mol. The van der Waals surface area contributed by atoms with Crippen LogP contribution in [0.4, 0.5) is 0 Å². The van der Waals surface area contributed by atoms with Gasteiger partial charge in [0.15, 0.2) is 0 Å². The molecule has 0 saturated carbocycles. The van der Waals surface area contributed by atoms with Crippen LogP contribution in [0.2, 0.25) is 0 Å². The largest absolute Gasteiger partial charge is 0.487 e. The lowest BCUT2D eigenvalue weighted by Gasteiger charge is -2.28. The number of hydrogen-bond acceptors (Lipinski definition) is 3. The van der Waals surface area contributed by atoms with Crippen molar-refractivity contribution in [2.75, 3.05) is 7.11 Å². The fraction of sp³-hybridized carbons (Fsp3) is 0.583. The third-order valence-electron chi connectivity index (χ3n) is 3.08. The van der Waals surface area contributed by atoms with Gasteiger partial charge in [0.2, 0.25) is 0 Å². The Kier molecular flexibility index (Phi) is 2.55. The molecule has 82 valence electrons. The maximum absolute atomic E-state index is 11.5. The van der Waals surface area contributed by atoms with Crippen LogP contribution < -0.4 is 0 Å². The van der Waals surface area contributed by atoms with Gasteiger partial charge in [-0.1, -0.05) is 6.08 Å². The molecule has 2 aliphatic rings. The molecule has 1 spiro atoms. The minimum absolute atomic E-state index is 0.258. The third kappa shape index (κ3) is 1.78. The smallest absolute Gasteiger partial charge is 0.337 e. The molecule has 0 radical (unpaired) electrons. The van der Waals surface area contributed by atoms with Crippen molar-refractivity contribution in [2.24, 2.45) is 0 Å². The Bertz CT molecular complexity index is 341. The first-order chi connectivity index (χ1) is 7.17. The summed E-state index contributed by atoms with van der Waals surface area (Å²) in [5, 5.41) is 0. The van der Waals surface area contributed by atoms with Crippen LogP contribution in [0.15, 0.2) is 23.5 Å². The number of rotatable bonds is 1. The lowest BCUT2D eigenvalue weighted by atomic mass is 9.87. The van der Waals surface area contributed by atoms with E-state index in [-0.39, 0.29) is 11.6 Å². The first-order valence-corrected chi connectivity index (χ1v) is 5.32. The summed E-state index contributed by atoms with van der Waals surface area (Å²) in [7, 11) is 1.41. The zero-order valence-corrected chi connectivity index (χ0v) is 9.21. The first-order valence-electron chi connectivity index (χ1n) is 5.32. The summed E-state index contributed by atoms with van der Waals surface area (Å²) in [6.45, 7) is 1.84. The van der Waals surface area contributed by atoms with Crippen LogP contribution >= 0.6 is 0 Å². The van der Waals surface area contributed by atoms with Gasteiger partial charge in [0.25, 0.3) is 0 Å². The number of carbonyl (C=O) groups excluding carboxylic acids is 1. The van der Waals surface area contributed by atoms with Crippen LogP contribution in [0.3, 0.4) is 0 Å². The molecule has 1 unspecified atom stereocenters. The van der Waals surface area contributed by atoms with E-state index in [0.717, 1.165) is 19.3 Å². The summed E-state index contributed by atoms with van der Waals surface area (Å²) in [6.07, 6.45) is 8.10. The highest BCUT2D eigenvalue weighted by atomic mass is 16.5. The predicted molar refractivity (Wildman–Crippen MR) is 56.1 cm³/mol. The van der Waals surface area contributed by atoms with Crippen molar-refractivity contribution in [2.45, 2.75) is 38.2 Å². The molecule has 0 fully saturated rings. The van der Waals surface area contributed by atoms with Gasteiger partial charge in [-0.05, 0) is 32.3 Å². The van der Waals surface area contributed by atoms with Gasteiger partial charge in [-0.25, -0.2) is 4.79 Å². The van der Waals surface area contributed by atoms with Crippen LogP contribution in [0.25, 0.3) is 0 Å². The van der Waals surface area contributed by atoms with Gasteiger partial charge >= 0.3 is 5.97 Å². The van der Waals surface area contributed by atoms with E-state index in [4.69, 9.17) is 9.47 Å². The Labute approximate surface area is 89.8 Å². The SMILES string of the molecule is COC(=O)C1=C(C)OC2(C=CCCC2)C1. The van der Waals surface area contributed by atoms with Crippen LogP contribution in [-0.4, -0.2) is 18.7 Å². The molecule has 3 nitrogen and oxygen atoms in total. The maximum atomic E-state index is 11.5. The van der Waals surface area contributed by atoms with Crippen molar-refractivity contribution < 1.29 is 14.3 Å². The van der Waals surface area contributed by atoms with Crippen molar-refractivity contribution in [3.63, 3.8) is 0 Å². The lowest BCUT2D eigenvalue weighted by molar-refractivity contribution is -0.136. The molecular weight excluding hydrogens is 192 g/mol. The predicted octanol–water partition coefficient (Wildman–Crippen LogP) is 2.33. The molecule has 1 aliphatic heterocycles. The van der Waals surface area contributed by atoms with E-state index < -0.39 is 0 Å². The molecule has 15 heavy (non-hydrogen) atoms. The first kappa shape index (κ1) is 10.3. The molecule has 0 N–H and O–H groups in total. The number of esters is 1. The molecule has 0 aromatic carbocycles. The van der Waals surface area contributed by atoms with Gasteiger partial charge in [0, 0.05) is 6.42 Å². The number of hydrogen-bond donors (Lipinski definition) is 0. The van der Waals surface area contributed by atoms with Gasteiger partial charge in [0.05, 0.1) is 12.7 Å². The van der Waals surface area contributed by atoms with E-state index in [0.29, 0.717) is 17.8 Å². The Balaban J connectivity index is 2.18. The summed E-state index contributed by atoms with van der Waals surface area (Å²) in [6, 6.07) is 0. The van der Waals surface area contributed by atoms with Crippen molar-refractivity contribution in [1.29, 1.82) is 0 Å². The quantitative estimate of drug-likeness (QED) is 0.490. The molecule has 3 heteroatoms. The van der Waals surface area contributed by atoms with E-state index >= 15 is 0 Å². The monoisotopic (exact) mass is 208 g/mol. The molecule has 0 saturated heterocycles. The molecule has 0 aromatic heterocycles. The zero-order chi connectivity index (χ0) is 10.9. The summed E-state index contributed by atoms with van der Waals surface area (Å²) in [4.78, 5) is 11.5. The van der Waals surface area contributed by atoms with Gasteiger partial charge in [-0.2, -0.15) is 0 Å². The van der Waals surface area contributed by atoms with Crippen molar-refractivity contribution >= 4 is 5.97 Å². The van der Waals surface area contributed by atoms with E-state index in [9.17, 15) is 4.79 Å². The van der Waals surface area contributed by atoms with Crippen LogP contribution in [-0.2, 0) is 14.3 Å². The highest BCUT2D eigenvalue weighted by Crippen LogP contribution is 2.40. The summed E-state index contributed by atoms with van der Waals surface area (Å²) >= 11 is 0.